The maximum absolute atomic E-state index is 14.2. The number of rotatable bonds is 4. The number of hydrogen-bond acceptors (Lipinski definition) is 8. The quantitative estimate of drug-likeness (QED) is 0.633. The van der Waals surface area contributed by atoms with E-state index in [4.69, 9.17) is 10.2 Å². The van der Waals surface area contributed by atoms with Gasteiger partial charge >= 0.3 is 17.8 Å². The Hall–Kier alpha value is -3.76. The number of hydrogen-bond donors (Lipinski definition) is 2. The van der Waals surface area contributed by atoms with E-state index >= 15 is 0 Å². The summed E-state index contributed by atoms with van der Waals surface area (Å²) in [5.41, 5.74) is 8.48. The predicted octanol–water partition coefficient (Wildman–Crippen LogP) is 2.06. The van der Waals surface area contributed by atoms with Crippen molar-refractivity contribution >= 4 is 18.0 Å². The van der Waals surface area contributed by atoms with E-state index in [0.717, 1.165) is 25.0 Å². The van der Waals surface area contributed by atoms with Crippen molar-refractivity contribution in [2.45, 2.75) is 31.7 Å². The van der Waals surface area contributed by atoms with Gasteiger partial charge in [0.05, 0.1) is 12.0 Å². The van der Waals surface area contributed by atoms with Crippen molar-refractivity contribution in [3.05, 3.63) is 59.1 Å². The Morgan fingerprint density at radius 2 is 2.06 bits per heavy atom. The SMILES string of the molecule is N/C(=C\c1ncccc1F)[C@@H]1c2nc[nH]c2CCN1c1nnc(C(=O)N2CCCCC2)o1. The minimum atomic E-state index is -0.579. The first-order valence-corrected chi connectivity index (χ1v) is 10.6. The van der Waals surface area contributed by atoms with E-state index in [-0.39, 0.29) is 23.5 Å². The number of nitrogens with zero attached hydrogens (tertiary/aromatic N) is 6. The van der Waals surface area contributed by atoms with Crippen LogP contribution in [0.15, 0.2) is 34.8 Å². The molecule has 0 unspecified atom stereocenters. The van der Waals surface area contributed by atoms with Crippen LogP contribution in [0.3, 0.4) is 0 Å². The van der Waals surface area contributed by atoms with Gasteiger partial charge in [0.25, 0.3) is 0 Å². The third kappa shape index (κ3) is 3.70. The van der Waals surface area contributed by atoms with Crippen molar-refractivity contribution in [1.29, 1.82) is 0 Å². The number of nitrogens with one attached hydrogen (secondary N) is 1. The molecule has 0 saturated carbocycles. The van der Waals surface area contributed by atoms with Crippen LogP contribution in [-0.2, 0) is 6.42 Å². The summed E-state index contributed by atoms with van der Waals surface area (Å²) in [5.74, 6) is -0.796. The lowest BCUT2D eigenvalue weighted by Gasteiger charge is -2.33. The molecule has 1 saturated heterocycles. The molecule has 1 atom stereocenters. The van der Waals surface area contributed by atoms with Gasteiger partial charge in [0.2, 0.25) is 0 Å². The molecule has 32 heavy (non-hydrogen) atoms. The van der Waals surface area contributed by atoms with Crippen molar-refractivity contribution in [3.8, 4) is 0 Å². The van der Waals surface area contributed by atoms with Crippen molar-refractivity contribution in [3.63, 3.8) is 0 Å². The standard InChI is InChI=1S/C21H23FN8O2/c22-13-5-4-7-24-16(13)11-14(23)18-17-15(25-12-26-17)6-10-30(18)21-28-27-19(32-21)20(31)29-8-2-1-3-9-29/h4-5,7,11-12,18H,1-3,6,8-10,23H2,(H,25,26)/b14-11-/t18-/m1/s1. The van der Waals surface area contributed by atoms with Crippen molar-refractivity contribution < 1.29 is 13.6 Å². The zero-order valence-corrected chi connectivity index (χ0v) is 17.4. The second-order valence-electron chi connectivity index (χ2n) is 7.87. The summed E-state index contributed by atoms with van der Waals surface area (Å²) in [7, 11) is 0. The smallest absolute Gasteiger partial charge is 0.319 e. The van der Waals surface area contributed by atoms with Crippen LogP contribution in [0, 0.1) is 5.82 Å². The molecule has 0 radical (unpaired) electrons. The monoisotopic (exact) mass is 438 g/mol. The zero-order valence-electron chi connectivity index (χ0n) is 17.4. The van der Waals surface area contributed by atoms with Crippen LogP contribution in [0.4, 0.5) is 10.4 Å². The molecule has 11 heteroatoms. The number of carbonyl (C=O) groups is 1. The molecule has 0 spiro atoms. The lowest BCUT2D eigenvalue weighted by molar-refractivity contribution is 0.0684. The summed E-state index contributed by atoms with van der Waals surface area (Å²) in [5, 5.41) is 8.11. The number of nitrogens with two attached hydrogens (primary N) is 1. The Labute approximate surface area is 183 Å². The molecule has 0 bridgehead atoms. The lowest BCUT2D eigenvalue weighted by atomic mass is 9.99. The maximum Gasteiger partial charge on any atom is 0.319 e. The van der Waals surface area contributed by atoms with Gasteiger partial charge in [-0.15, -0.1) is 5.10 Å². The van der Waals surface area contributed by atoms with Gasteiger partial charge in [0.15, 0.2) is 0 Å². The topological polar surface area (TPSA) is 130 Å². The number of aromatic nitrogens is 5. The average Bonchev–Trinajstić information content (AvgIpc) is 3.50. The number of fused-ring (bicyclic) bond motifs is 1. The summed E-state index contributed by atoms with van der Waals surface area (Å²) in [6.07, 6.45) is 8.26. The molecule has 0 aliphatic carbocycles. The zero-order chi connectivity index (χ0) is 22.1. The second-order valence-corrected chi connectivity index (χ2v) is 7.87. The fourth-order valence-corrected chi connectivity index (χ4v) is 4.21. The first-order chi connectivity index (χ1) is 15.6. The van der Waals surface area contributed by atoms with Gasteiger partial charge in [0, 0.05) is 43.6 Å². The molecular weight excluding hydrogens is 415 g/mol. The van der Waals surface area contributed by atoms with E-state index < -0.39 is 11.9 Å². The van der Waals surface area contributed by atoms with Gasteiger partial charge < -0.3 is 24.9 Å². The third-order valence-corrected chi connectivity index (χ3v) is 5.82. The molecule has 166 valence electrons. The fourth-order valence-electron chi connectivity index (χ4n) is 4.21. The second kappa shape index (κ2) is 8.40. The third-order valence-electron chi connectivity index (χ3n) is 5.82. The molecule has 0 aromatic carbocycles. The number of anilines is 1. The van der Waals surface area contributed by atoms with E-state index in [1.54, 1.807) is 16.1 Å². The van der Waals surface area contributed by atoms with Gasteiger partial charge in [0.1, 0.15) is 17.6 Å². The van der Waals surface area contributed by atoms with Crippen LogP contribution in [-0.4, -0.2) is 55.6 Å². The molecular formula is C21H23FN8O2. The highest BCUT2D eigenvalue weighted by Crippen LogP contribution is 2.35. The molecule has 3 N–H and O–H groups in total. The van der Waals surface area contributed by atoms with Crippen LogP contribution in [0.1, 0.15) is 53.1 Å². The normalized spacial score (nSPS) is 19.2. The Morgan fingerprint density at radius 1 is 1.22 bits per heavy atom. The highest BCUT2D eigenvalue weighted by atomic mass is 19.1. The molecule has 2 aliphatic rings. The molecule has 3 aromatic heterocycles. The minimum absolute atomic E-state index is 0.0493. The van der Waals surface area contributed by atoms with Crippen LogP contribution in [0.2, 0.25) is 0 Å². The first-order valence-electron chi connectivity index (χ1n) is 10.6. The van der Waals surface area contributed by atoms with Crippen molar-refractivity contribution in [2.75, 3.05) is 24.5 Å². The molecule has 5 rings (SSSR count). The Balaban J connectivity index is 1.47. The van der Waals surface area contributed by atoms with Crippen molar-refractivity contribution in [1.82, 2.24) is 30.0 Å². The van der Waals surface area contributed by atoms with E-state index in [1.165, 1.54) is 24.4 Å². The number of halogens is 1. The highest BCUT2D eigenvalue weighted by molar-refractivity contribution is 5.89. The Bertz CT molecular complexity index is 1150. The largest absolute Gasteiger partial charge is 0.400 e. The van der Waals surface area contributed by atoms with Gasteiger partial charge in [-0.25, -0.2) is 9.37 Å². The summed E-state index contributed by atoms with van der Waals surface area (Å²) in [6.45, 7) is 1.87. The minimum Gasteiger partial charge on any atom is -0.400 e. The highest BCUT2D eigenvalue weighted by Gasteiger charge is 2.35. The van der Waals surface area contributed by atoms with Crippen molar-refractivity contribution in [2.24, 2.45) is 5.73 Å². The predicted molar refractivity (Wildman–Crippen MR) is 113 cm³/mol. The molecule has 5 heterocycles. The lowest BCUT2D eigenvalue weighted by Crippen LogP contribution is -2.39. The number of pyridine rings is 1. The number of piperidine rings is 1. The van der Waals surface area contributed by atoms with Gasteiger partial charge in [-0.1, -0.05) is 5.10 Å². The van der Waals surface area contributed by atoms with E-state index in [1.807, 2.05) is 0 Å². The van der Waals surface area contributed by atoms with E-state index in [0.29, 0.717) is 37.4 Å². The molecule has 2 aliphatic heterocycles. The van der Waals surface area contributed by atoms with Crippen LogP contribution in [0.25, 0.3) is 6.08 Å². The Morgan fingerprint density at radius 3 is 2.88 bits per heavy atom. The molecule has 1 fully saturated rings. The summed E-state index contributed by atoms with van der Waals surface area (Å²) in [6, 6.07) is 2.42. The Kier molecular flexibility index (Phi) is 5.29. The number of aromatic amines is 1. The fraction of sp³-hybridized carbons (Fsp3) is 0.381. The van der Waals surface area contributed by atoms with E-state index in [9.17, 15) is 9.18 Å². The average molecular weight is 438 g/mol. The number of amides is 1. The van der Waals surface area contributed by atoms with Crippen LogP contribution in [0.5, 0.6) is 0 Å². The summed E-state index contributed by atoms with van der Waals surface area (Å²) in [4.78, 5) is 27.9. The molecule has 10 nitrogen and oxygen atoms in total. The first kappa shape index (κ1) is 20.2. The summed E-state index contributed by atoms with van der Waals surface area (Å²) < 4.78 is 19.9. The number of carbonyl (C=O) groups excluding carboxylic acids is 1. The maximum atomic E-state index is 14.2. The number of H-pyrrole nitrogens is 1. The van der Waals surface area contributed by atoms with Gasteiger partial charge in [-0.05, 0) is 37.5 Å². The van der Waals surface area contributed by atoms with Crippen LogP contribution >= 0.6 is 0 Å². The van der Waals surface area contributed by atoms with Crippen LogP contribution < -0.4 is 10.6 Å². The molecule has 3 aromatic rings. The summed E-state index contributed by atoms with van der Waals surface area (Å²) >= 11 is 0. The number of imidazole rings is 1. The van der Waals surface area contributed by atoms with Gasteiger partial charge in [-0.2, -0.15) is 0 Å². The number of likely N-dealkylation sites (tertiary alicyclic amines) is 1. The van der Waals surface area contributed by atoms with E-state index in [2.05, 4.69) is 25.1 Å². The molecule has 1 amide bonds. The van der Waals surface area contributed by atoms with Gasteiger partial charge in [-0.3, -0.25) is 9.78 Å².